The molecule has 0 unspecified atom stereocenters. The summed E-state index contributed by atoms with van der Waals surface area (Å²) >= 11 is 0. The van der Waals surface area contributed by atoms with E-state index in [0.717, 1.165) is 41.8 Å². The average Bonchev–Trinajstić information content (AvgIpc) is 2.79. The number of rotatable bonds is 5. The molecule has 154 valence electrons. The molecule has 0 N–H and O–H groups in total. The van der Waals surface area contributed by atoms with Crippen molar-refractivity contribution < 1.29 is 9.18 Å². The summed E-state index contributed by atoms with van der Waals surface area (Å²) in [6.07, 6.45) is 8.45. The van der Waals surface area contributed by atoms with Crippen molar-refractivity contribution in [2.45, 2.75) is 38.5 Å². The van der Waals surface area contributed by atoms with Crippen molar-refractivity contribution in [2.24, 2.45) is 0 Å². The van der Waals surface area contributed by atoms with E-state index in [4.69, 9.17) is 4.98 Å². The number of aryl methyl sites for hydroxylation is 2. The number of piperidine rings is 1. The van der Waals surface area contributed by atoms with E-state index in [1.54, 1.807) is 18.3 Å². The van der Waals surface area contributed by atoms with E-state index in [1.807, 2.05) is 36.4 Å². The van der Waals surface area contributed by atoms with E-state index < -0.39 is 0 Å². The molecule has 2 aromatic heterocycles. The third-order valence-corrected chi connectivity index (χ3v) is 5.61. The number of amides is 1. The van der Waals surface area contributed by atoms with Gasteiger partial charge >= 0.3 is 0 Å². The Morgan fingerprint density at radius 3 is 2.80 bits per heavy atom. The number of carbonyl (C=O) groups excluding carboxylic acids is 1. The number of aromatic nitrogens is 3. The molecule has 0 saturated carbocycles. The van der Waals surface area contributed by atoms with E-state index in [2.05, 4.69) is 9.97 Å². The first-order valence-electron chi connectivity index (χ1n) is 10.4. The zero-order valence-corrected chi connectivity index (χ0v) is 17.1. The Balaban J connectivity index is 1.51. The Morgan fingerprint density at radius 2 is 2.03 bits per heavy atom. The molecular formula is C24H25FN4O. The fraction of sp³-hybridized carbons (Fsp3) is 0.333. The zero-order valence-electron chi connectivity index (χ0n) is 17.1. The number of hydrogen-bond acceptors (Lipinski definition) is 4. The third kappa shape index (κ3) is 4.70. The van der Waals surface area contributed by atoms with Gasteiger partial charge < -0.3 is 4.90 Å². The van der Waals surface area contributed by atoms with Crippen LogP contribution in [0.4, 0.5) is 4.39 Å². The zero-order chi connectivity index (χ0) is 20.9. The highest BCUT2D eigenvalue weighted by Crippen LogP contribution is 2.33. The monoisotopic (exact) mass is 404 g/mol. The van der Waals surface area contributed by atoms with Gasteiger partial charge in [-0.2, -0.15) is 0 Å². The van der Waals surface area contributed by atoms with E-state index in [-0.39, 0.29) is 17.6 Å². The molecule has 1 aliphatic rings. The van der Waals surface area contributed by atoms with Crippen LogP contribution in [-0.4, -0.2) is 38.8 Å². The van der Waals surface area contributed by atoms with Crippen LogP contribution in [0.5, 0.6) is 0 Å². The SMILES string of the molecule is Cc1ncc(-c2ccc(F)cc2)c([C@@H]2CCCN(C(=O)CCc3cccnc3)C2)n1. The molecular weight excluding hydrogens is 379 g/mol. The van der Waals surface area contributed by atoms with E-state index in [9.17, 15) is 9.18 Å². The van der Waals surface area contributed by atoms with Crippen molar-refractivity contribution >= 4 is 5.91 Å². The molecule has 0 spiro atoms. The first-order valence-corrected chi connectivity index (χ1v) is 10.4. The van der Waals surface area contributed by atoms with Gasteiger partial charge in [-0.15, -0.1) is 0 Å². The topological polar surface area (TPSA) is 59.0 Å². The van der Waals surface area contributed by atoms with Crippen molar-refractivity contribution in [3.8, 4) is 11.1 Å². The molecule has 1 saturated heterocycles. The first-order chi connectivity index (χ1) is 14.6. The minimum atomic E-state index is -0.267. The molecule has 0 aliphatic carbocycles. The Kier molecular flexibility index (Phi) is 6.12. The van der Waals surface area contributed by atoms with Gasteiger partial charge in [-0.1, -0.05) is 18.2 Å². The lowest BCUT2D eigenvalue weighted by Crippen LogP contribution is -2.39. The van der Waals surface area contributed by atoms with Crippen LogP contribution >= 0.6 is 0 Å². The number of nitrogens with zero attached hydrogens (tertiary/aromatic N) is 4. The van der Waals surface area contributed by atoms with Crippen LogP contribution < -0.4 is 0 Å². The number of pyridine rings is 1. The predicted octanol–water partition coefficient (Wildman–Crippen LogP) is 4.32. The van der Waals surface area contributed by atoms with Crippen molar-refractivity contribution in [3.63, 3.8) is 0 Å². The minimum Gasteiger partial charge on any atom is -0.342 e. The quantitative estimate of drug-likeness (QED) is 0.635. The Bertz CT molecular complexity index is 1010. The highest BCUT2D eigenvalue weighted by molar-refractivity contribution is 5.76. The first kappa shape index (κ1) is 20.1. The minimum absolute atomic E-state index is 0.142. The molecule has 5 nitrogen and oxygen atoms in total. The summed E-state index contributed by atoms with van der Waals surface area (Å²) in [6.45, 7) is 3.30. The Labute approximate surface area is 176 Å². The fourth-order valence-electron chi connectivity index (χ4n) is 4.03. The van der Waals surface area contributed by atoms with Crippen molar-refractivity contribution in [1.29, 1.82) is 0 Å². The van der Waals surface area contributed by atoms with Gasteiger partial charge in [0.15, 0.2) is 0 Å². The molecule has 1 fully saturated rings. The summed E-state index contributed by atoms with van der Waals surface area (Å²) in [6, 6.07) is 10.3. The van der Waals surface area contributed by atoms with E-state index in [0.29, 0.717) is 25.2 Å². The lowest BCUT2D eigenvalue weighted by Gasteiger charge is -2.33. The largest absolute Gasteiger partial charge is 0.342 e. The normalized spacial score (nSPS) is 16.5. The predicted molar refractivity (Wildman–Crippen MR) is 113 cm³/mol. The van der Waals surface area contributed by atoms with E-state index in [1.165, 1.54) is 12.1 Å². The maximum Gasteiger partial charge on any atom is 0.222 e. The number of benzene rings is 1. The highest BCUT2D eigenvalue weighted by Gasteiger charge is 2.27. The third-order valence-electron chi connectivity index (χ3n) is 5.61. The van der Waals surface area contributed by atoms with Crippen LogP contribution in [0.25, 0.3) is 11.1 Å². The summed E-state index contributed by atoms with van der Waals surface area (Å²) in [7, 11) is 0. The second-order valence-corrected chi connectivity index (χ2v) is 7.76. The summed E-state index contributed by atoms with van der Waals surface area (Å²) < 4.78 is 13.4. The van der Waals surface area contributed by atoms with Gasteiger partial charge in [0, 0.05) is 49.6 Å². The Morgan fingerprint density at radius 1 is 1.20 bits per heavy atom. The smallest absolute Gasteiger partial charge is 0.222 e. The van der Waals surface area contributed by atoms with Crippen molar-refractivity contribution in [3.05, 3.63) is 77.9 Å². The molecule has 1 amide bonds. The van der Waals surface area contributed by atoms with Crippen LogP contribution in [0.1, 0.15) is 42.3 Å². The lowest BCUT2D eigenvalue weighted by atomic mass is 9.89. The number of halogens is 1. The molecule has 0 bridgehead atoms. The summed E-state index contributed by atoms with van der Waals surface area (Å²) in [4.78, 5) is 28.0. The number of hydrogen-bond donors (Lipinski definition) is 0. The van der Waals surface area contributed by atoms with Gasteiger partial charge in [0.05, 0.1) is 5.69 Å². The van der Waals surface area contributed by atoms with Crippen LogP contribution in [0.3, 0.4) is 0 Å². The van der Waals surface area contributed by atoms with Gasteiger partial charge in [0.2, 0.25) is 5.91 Å². The fourth-order valence-corrected chi connectivity index (χ4v) is 4.03. The molecule has 1 aromatic carbocycles. The summed E-state index contributed by atoms with van der Waals surface area (Å²) in [5, 5.41) is 0. The van der Waals surface area contributed by atoms with Crippen LogP contribution in [-0.2, 0) is 11.2 Å². The number of carbonyl (C=O) groups is 1. The van der Waals surface area contributed by atoms with Crippen LogP contribution in [0.15, 0.2) is 55.0 Å². The summed E-state index contributed by atoms with van der Waals surface area (Å²) in [5.41, 5.74) is 3.82. The Hall–Kier alpha value is -3.15. The molecule has 3 aromatic rings. The second-order valence-electron chi connectivity index (χ2n) is 7.76. The molecule has 3 heterocycles. The van der Waals surface area contributed by atoms with Gasteiger partial charge in [-0.3, -0.25) is 9.78 Å². The lowest BCUT2D eigenvalue weighted by molar-refractivity contribution is -0.132. The van der Waals surface area contributed by atoms with Gasteiger partial charge in [-0.25, -0.2) is 14.4 Å². The van der Waals surface area contributed by atoms with Gasteiger partial charge in [0.25, 0.3) is 0 Å². The average molecular weight is 404 g/mol. The standard InChI is InChI=1S/C24H25FN4O/c1-17-27-15-22(19-7-9-21(25)10-8-19)24(28-17)20-5-3-13-29(16-20)23(30)11-6-18-4-2-12-26-14-18/h2,4,7-10,12,14-15,20H,3,5-6,11,13,16H2,1H3/t20-/m1/s1. The van der Waals surface area contributed by atoms with Crippen LogP contribution in [0, 0.1) is 12.7 Å². The maximum absolute atomic E-state index is 13.4. The van der Waals surface area contributed by atoms with Gasteiger partial charge in [0.1, 0.15) is 11.6 Å². The van der Waals surface area contributed by atoms with E-state index >= 15 is 0 Å². The molecule has 0 radical (unpaired) electrons. The summed E-state index contributed by atoms with van der Waals surface area (Å²) in [5.74, 6) is 0.743. The van der Waals surface area contributed by atoms with Crippen molar-refractivity contribution in [2.75, 3.05) is 13.1 Å². The molecule has 6 heteroatoms. The maximum atomic E-state index is 13.4. The molecule has 1 atom stereocenters. The molecule has 4 rings (SSSR count). The molecule has 1 aliphatic heterocycles. The molecule has 30 heavy (non-hydrogen) atoms. The van der Waals surface area contributed by atoms with Gasteiger partial charge in [-0.05, 0) is 55.5 Å². The highest BCUT2D eigenvalue weighted by atomic mass is 19.1. The van der Waals surface area contributed by atoms with Crippen LogP contribution in [0.2, 0.25) is 0 Å². The second kappa shape index (κ2) is 9.11. The number of likely N-dealkylation sites (tertiary alicyclic amines) is 1. The van der Waals surface area contributed by atoms with Crippen molar-refractivity contribution in [1.82, 2.24) is 19.9 Å².